The Morgan fingerprint density at radius 2 is 1.50 bits per heavy atom. The molecule has 0 aromatic heterocycles. The van der Waals surface area contributed by atoms with Gasteiger partial charge in [0.2, 0.25) is 5.91 Å². The second-order valence-electron chi connectivity index (χ2n) is 12.4. The third kappa shape index (κ3) is 8.39. The molecule has 4 aromatic rings. The molecule has 0 aliphatic rings. The van der Waals surface area contributed by atoms with Crippen molar-refractivity contribution in [2.45, 2.75) is 66.7 Å². The Bertz CT molecular complexity index is 1540. The first-order valence-corrected chi connectivity index (χ1v) is 14.9. The lowest BCUT2D eigenvalue weighted by atomic mass is 9.89. The quantitative estimate of drug-likeness (QED) is 0.197. The van der Waals surface area contributed by atoms with Gasteiger partial charge in [0.15, 0.2) is 5.78 Å². The lowest BCUT2D eigenvalue weighted by Crippen LogP contribution is -2.23. The van der Waals surface area contributed by atoms with Crippen molar-refractivity contribution in [1.82, 2.24) is 0 Å². The topological polar surface area (TPSA) is 46.2 Å². The fourth-order valence-corrected chi connectivity index (χ4v) is 5.08. The number of rotatable bonds is 10. The van der Waals surface area contributed by atoms with Crippen molar-refractivity contribution in [2.75, 3.05) is 5.32 Å². The number of hydrogen-bond acceptors (Lipinski definition) is 2. The number of nitrogens with one attached hydrogen (secondary N) is 1. The van der Waals surface area contributed by atoms with Crippen molar-refractivity contribution in [3.05, 3.63) is 130 Å². The molecule has 0 saturated carbocycles. The van der Waals surface area contributed by atoms with Crippen LogP contribution in [0.15, 0.2) is 97.1 Å². The van der Waals surface area contributed by atoms with Gasteiger partial charge < -0.3 is 5.32 Å². The summed E-state index contributed by atoms with van der Waals surface area (Å²) in [6.45, 7) is 12.8. The number of carbonyl (C=O) groups is 2. The van der Waals surface area contributed by atoms with E-state index < -0.39 is 0 Å². The van der Waals surface area contributed by atoms with E-state index in [4.69, 9.17) is 0 Å². The summed E-state index contributed by atoms with van der Waals surface area (Å²) in [4.78, 5) is 26.1. The molecule has 1 N–H and O–H groups in total. The fourth-order valence-electron chi connectivity index (χ4n) is 5.08. The van der Waals surface area contributed by atoms with Crippen molar-refractivity contribution in [2.24, 2.45) is 5.41 Å². The lowest BCUT2D eigenvalue weighted by Gasteiger charge is -2.19. The van der Waals surface area contributed by atoms with E-state index in [9.17, 15) is 9.59 Å². The van der Waals surface area contributed by atoms with Gasteiger partial charge in [0.25, 0.3) is 0 Å². The third-order valence-electron chi connectivity index (χ3n) is 7.47. The number of hydrogen-bond donors (Lipinski definition) is 1. The zero-order valence-corrected chi connectivity index (χ0v) is 25.8. The molecule has 3 heteroatoms. The average molecular weight is 558 g/mol. The maximum atomic E-state index is 13.8. The molecule has 0 unspecified atom stereocenters. The number of benzene rings is 4. The second kappa shape index (κ2) is 13.6. The van der Waals surface area contributed by atoms with Crippen molar-refractivity contribution in [3.8, 4) is 11.1 Å². The molecule has 1 atom stereocenters. The predicted molar refractivity (Wildman–Crippen MR) is 177 cm³/mol. The van der Waals surface area contributed by atoms with Crippen LogP contribution in [0.25, 0.3) is 17.2 Å². The van der Waals surface area contributed by atoms with Crippen molar-refractivity contribution >= 4 is 23.5 Å². The number of anilines is 1. The molecule has 0 heterocycles. The number of amides is 1. The van der Waals surface area contributed by atoms with Crippen LogP contribution in [0.1, 0.15) is 84.6 Å². The van der Waals surface area contributed by atoms with E-state index in [0.717, 1.165) is 39.9 Å². The maximum absolute atomic E-state index is 13.8. The first-order chi connectivity index (χ1) is 20.0. The van der Waals surface area contributed by atoms with E-state index in [1.807, 2.05) is 43.3 Å². The maximum Gasteiger partial charge on any atom is 0.232 e. The Hall–Kier alpha value is -4.24. The van der Waals surface area contributed by atoms with Gasteiger partial charge in [-0.25, -0.2) is 0 Å². The molecule has 0 saturated heterocycles. The van der Waals surface area contributed by atoms with E-state index in [1.165, 1.54) is 16.7 Å². The van der Waals surface area contributed by atoms with E-state index in [2.05, 4.69) is 107 Å². The Labute approximate surface area is 251 Å². The van der Waals surface area contributed by atoms with Gasteiger partial charge in [0.05, 0.1) is 5.92 Å². The second-order valence-corrected chi connectivity index (χ2v) is 12.4. The normalized spacial score (nSPS) is 12.3. The van der Waals surface area contributed by atoms with Crippen LogP contribution in [0.2, 0.25) is 0 Å². The summed E-state index contributed by atoms with van der Waals surface area (Å²) in [5.74, 6) is -0.290. The smallest absolute Gasteiger partial charge is 0.232 e. The zero-order chi connectivity index (χ0) is 30.3. The van der Waals surface area contributed by atoms with Crippen LogP contribution < -0.4 is 5.32 Å². The van der Waals surface area contributed by atoms with Gasteiger partial charge in [-0.15, -0.1) is 0 Å². The van der Waals surface area contributed by atoms with Gasteiger partial charge in [-0.05, 0) is 77.6 Å². The highest BCUT2D eigenvalue weighted by Gasteiger charge is 2.22. The van der Waals surface area contributed by atoms with Crippen LogP contribution in [0, 0.1) is 19.3 Å². The first kappa shape index (κ1) is 30.7. The van der Waals surface area contributed by atoms with Gasteiger partial charge in [-0.2, -0.15) is 0 Å². The summed E-state index contributed by atoms with van der Waals surface area (Å²) < 4.78 is 0. The predicted octanol–water partition coefficient (Wildman–Crippen LogP) is 9.98. The molecule has 42 heavy (non-hydrogen) atoms. The molecule has 3 nitrogen and oxygen atoms in total. The summed E-state index contributed by atoms with van der Waals surface area (Å²) >= 11 is 0. The molecule has 0 aliphatic heterocycles. The Balaban J connectivity index is 1.57. The van der Waals surface area contributed by atoms with E-state index in [0.29, 0.717) is 12.8 Å². The van der Waals surface area contributed by atoms with E-state index in [-0.39, 0.29) is 23.0 Å². The Morgan fingerprint density at radius 1 is 0.833 bits per heavy atom. The highest BCUT2D eigenvalue weighted by molar-refractivity contribution is 5.97. The molecule has 0 bridgehead atoms. The zero-order valence-electron chi connectivity index (χ0n) is 25.8. The molecule has 0 fully saturated rings. The van der Waals surface area contributed by atoms with Crippen molar-refractivity contribution < 1.29 is 9.59 Å². The number of allylic oxidation sites excluding steroid dienone is 1. The molecule has 1 amide bonds. The molecule has 0 radical (unpaired) electrons. The van der Waals surface area contributed by atoms with Crippen LogP contribution in [-0.4, -0.2) is 11.7 Å². The van der Waals surface area contributed by atoms with Crippen LogP contribution >= 0.6 is 0 Å². The number of ketones is 1. The number of carbonyl (C=O) groups excluding carboxylic acids is 2. The van der Waals surface area contributed by atoms with Gasteiger partial charge in [0.1, 0.15) is 0 Å². The number of aryl methyl sites for hydroxylation is 2. The standard InChI is InChI=1S/C39H43NO2/c1-7-8-37(41)33-16-12-30(13-17-33)26-36(32-14-10-29(11-15-32)23-24-39(4,5)6)38(42)40-34-20-18-31(19-21-34)35-22-9-27(2)25-28(35)3/h9-25,36H,7-8,26H2,1-6H3,(H,40,42)/b24-23+/t36-/m1/s1. The Morgan fingerprint density at radius 3 is 2.10 bits per heavy atom. The lowest BCUT2D eigenvalue weighted by molar-refractivity contribution is -0.117. The van der Waals surface area contributed by atoms with Gasteiger partial charge in [-0.1, -0.05) is 124 Å². The van der Waals surface area contributed by atoms with Crippen LogP contribution in [0.4, 0.5) is 5.69 Å². The summed E-state index contributed by atoms with van der Waals surface area (Å²) in [5.41, 5.74) is 9.46. The molecule has 0 spiro atoms. The van der Waals surface area contributed by atoms with Gasteiger partial charge >= 0.3 is 0 Å². The first-order valence-electron chi connectivity index (χ1n) is 14.9. The van der Waals surface area contributed by atoms with Crippen LogP contribution in [0.5, 0.6) is 0 Å². The van der Waals surface area contributed by atoms with E-state index >= 15 is 0 Å². The van der Waals surface area contributed by atoms with Crippen molar-refractivity contribution in [1.29, 1.82) is 0 Å². The minimum atomic E-state index is -0.387. The van der Waals surface area contributed by atoms with Crippen LogP contribution in [-0.2, 0) is 11.2 Å². The minimum absolute atomic E-state index is 0.0571. The summed E-state index contributed by atoms with van der Waals surface area (Å²) in [6.07, 6.45) is 6.22. The average Bonchev–Trinajstić information content (AvgIpc) is 2.96. The Kier molecular flexibility index (Phi) is 9.96. The molecular weight excluding hydrogens is 514 g/mol. The summed E-state index contributed by atoms with van der Waals surface area (Å²) in [5, 5.41) is 3.16. The van der Waals surface area contributed by atoms with Crippen molar-refractivity contribution in [3.63, 3.8) is 0 Å². The number of Topliss-reactive ketones (excluding diaryl/α,β-unsaturated/α-hetero) is 1. The van der Waals surface area contributed by atoms with E-state index in [1.54, 1.807) is 0 Å². The largest absolute Gasteiger partial charge is 0.326 e. The molecule has 4 rings (SSSR count). The summed E-state index contributed by atoms with van der Waals surface area (Å²) in [6, 6.07) is 30.5. The third-order valence-corrected chi connectivity index (χ3v) is 7.47. The minimum Gasteiger partial charge on any atom is -0.326 e. The fraction of sp³-hybridized carbons (Fsp3) is 0.282. The summed E-state index contributed by atoms with van der Waals surface area (Å²) in [7, 11) is 0. The highest BCUT2D eigenvalue weighted by atomic mass is 16.2. The molecule has 4 aromatic carbocycles. The molecule has 216 valence electrons. The van der Waals surface area contributed by atoms with Gasteiger partial charge in [-0.3, -0.25) is 9.59 Å². The van der Waals surface area contributed by atoms with Crippen LogP contribution in [0.3, 0.4) is 0 Å². The highest BCUT2D eigenvalue weighted by Crippen LogP contribution is 2.28. The molecule has 0 aliphatic carbocycles. The van der Waals surface area contributed by atoms with Gasteiger partial charge in [0, 0.05) is 17.7 Å². The monoisotopic (exact) mass is 557 g/mol. The SMILES string of the molecule is CCCC(=O)c1ccc(C[C@@H](C(=O)Nc2ccc(-c3ccc(C)cc3C)cc2)c2ccc(/C=C/C(C)(C)C)cc2)cc1. The molecular formula is C39H43NO2.